The van der Waals surface area contributed by atoms with Crippen LogP contribution >= 0.6 is 11.6 Å². The first kappa shape index (κ1) is 14.4. The van der Waals surface area contributed by atoms with Crippen molar-refractivity contribution in [1.82, 2.24) is 0 Å². The number of halogens is 4. The van der Waals surface area contributed by atoms with Gasteiger partial charge in [0.1, 0.15) is 16.9 Å². The molecule has 8 heteroatoms. The number of ether oxygens (including phenoxy) is 1. The first-order chi connectivity index (χ1) is 9.25. The van der Waals surface area contributed by atoms with Crippen LogP contribution in [0.2, 0.25) is 5.02 Å². The highest BCUT2D eigenvalue weighted by Crippen LogP contribution is 2.31. The number of hydrogen-bond acceptors (Lipinski definition) is 4. The molecule has 1 heterocycles. The van der Waals surface area contributed by atoms with Crippen molar-refractivity contribution >= 4 is 28.4 Å². The molecule has 1 aromatic heterocycles. The smallest absolute Gasteiger partial charge is 0.455 e. The third-order valence-electron chi connectivity index (χ3n) is 2.54. The average molecular weight is 307 g/mol. The third kappa shape index (κ3) is 2.36. The first-order valence-electron chi connectivity index (χ1n) is 5.17. The van der Waals surface area contributed by atoms with Crippen molar-refractivity contribution in [1.29, 1.82) is 0 Å². The van der Waals surface area contributed by atoms with Gasteiger partial charge in [-0.3, -0.25) is 4.79 Å². The molecule has 2 rings (SSSR count). The largest absolute Gasteiger partial charge is 0.497 e. The molecule has 0 unspecified atom stereocenters. The number of benzene rings is 1. The summed E-state index contributed by atoms with van der Waals surface area (Å²) in [4.78, 5) is 22.7. The summed E-state index contributed by atoms with van der Waals surface area (Å²) in [6, 6.07) is 3.99. The lowest BCUT2D eigenvalue weighted by molar-refractivity contribution is -0.0887. The molecule has 0 saturated carbocycles. The minimum Gasteiger partial charge on any atom is -0.497 e. The van der Waals surface area contributed by atoms with Crippen molar-refractivity contribution in [3.8, 4) is 5.75 Å². The molecule has 106 valence electrons. The topological polar surface area (TPSA) is 56.5 Å². The van der Waals surface area contributed by atoms with Crippen LogP contribution in [0.3, 0.4) is 0 Å². The van der Waals surface area contributed by atoms with Crippen molar-refractivity contribution in [3.63, 3.8) is 0 Å². The summed E-state index contributed by atoms with van der Waals surface area (Å²) in [6.45, 7) is 0. The highest BCUT2D eigenvalue weighted by atomic mass is 35.5. The maximum absolute atomic E-state index is 12.4. The van der Waals surface area contributed by atoms with Crippen molar-refractivity contribution < 1.29 is 27.1 Å². The van der Waals surface area contributed by atoms with Gasteiger partial charge in [0, 0.05) is 11.5 Å². The quantitative estimate of drug-likeness (QED) is 0.631. The van der Waals surface area contributed by atoms with Crippen molar-refractivity contribution in [2.24, 2.45) is 0 Å². The van der Waals surface area contributed by atoms with Crippen LogP contribution in [0.25, 0.3) is 11.0 Å². The maximum Gasteiger partial charge on any atom is 0.455 e. The normalized spacial score (nSPS) is 11.7. The van der Waals surface area contributed by atoms with E-state index in [1.165, 1.54) is 25.3 Å². The summed E-state index contributed by atoms with van der Waals surface area (Å²) in [7, 11) is 1.36. The van der Waals surface area contributed by atoms with Crippen molar-refractivity contribution in [2.75, 3.05) is 7.11 Å². The maximum atomic E-state index is 12.4. The molecule has 0 spiro atoms. The van der Waals surface area contributed by atoms with Crippen molar-refractivity contribution in [3.05, 3.63) is 39.2 Å². The summed E-state index contributed by atoms with van der Waals surface area (Å²) in [6.07, 6.45) is -5.21. The highest BCUT2D eigenvalue weighted by Gasteiger charge is 2.42. The van der Waals surface area contributed by atoms with Gasteiger partial charge in [0.25, 0.3) is 5.78 Å². The Hall–Kier alpha value is -2.02. The van der Waals surface area contributed by atoms with E-state index < -0.39 is 28.2 Å². The number of hydrogen-bond donors (Lipinski definition) is 0. The fraction of sp³-hybridized carbons (Fsp3) is 0.167. The van der Waals surface area contributed by atoms with Gasteiger partial charge in [0.05, 0.1) is 12.1 Å². The Morgan fingerprint density at radius 1 is 1.35 bits per heavy atom. The zero-order valence-electron chi connectivity index (χ0n) is 9.88. The summed E-state index contributed by atoms with van der Waals surface area (Å²) >= 11 is 5.72. The number of alkyl halides is 3. The van der Waals surface area contributed by atoms with Crippen LogP contribution in [0.5, 0.6) is 5.75 Å². The van der Waals surface area contributed by atoms with E-state index >= 15 is 0 Å². The number of carbonyl (C=O) groups excluding carboxylic acids is 1. The molecule has 0 aliphatic carbocycles. The van der Waals surface area contributed by atoms with Gasteiger partial charge in [-0.1, -0.05) is 11.6 Å². The predicted molar refractivity (Wildman–Crippen MR) is 64.4 cm³/mol. The Labute approximate surface area is 114 Å². The second kappa shape index (κ2) is 4.82. The fourth-order valence-electron chi connectivity index (χ4n) is 1.60. The minimum atomic E-state index is -5.21. The molecular weight excluding hydrogens is 301 g/mol. The molecule has 0 amide bonds. The number of methoxy groups -OCH3 is 1. The average Bonchev–Trinajstić information content (AvgIpc) is 2.36. The zero-order chi connectivity index (χ0) is 15.1. The molecule has 20 heavy (non-hydrogen) atoms. The van der Waals surface area contributed by atoms with Crippen LogP contribution in [-0.2, 0) is 0 Å². The Kier molecular flexibility index (Phi) is 3.47. The lowest BCUT2D eigenvalue weighted by Crippen LogP contribution is -2.28. The molecule has 0 bridgehead atoms. The van der Waals surface area contributed by atoms with Gasteiger partial charge in [-0.2, -0.15) is 13.2 Å². The zero-order valence-corrected chi connectivity index (χ0v) is 10.6. The molecule has 0 aliphatic heterocycles. The standard InChI is InChI=1S/C12H6ClF3O4/c1-19-5-2-3-6-7(4-5)20-11(18)8(9(6)13)10(17)12(14,15)16/h2-4H,1H3. The van der Waals surface area contributed by atoms with E-state index in [-0.39, 0.29) is 11.0 Å². The summed E-state index contributed by atoms with van der Waals surface area (Å²) in [5.74, 6) is -2.01. The molecule has 0 aliphatic rings. The Bertz CT molecular complexity index is 749. The van der Waals surface area contributed by atoms with E-state index in [9.17, 15) is 22.8 Å². The molecule has 0 saturated heterocycles. The molecule has 1 aromatic carbocycles. The summed E-state index contributed by atoms with van der Waals surface area (Å²) in [5, 5.41) is -0.583. The van der Waals surface area contributed by atoms with E-state index in [4.69, 9.17) is 20.8 Å². The van der Waals surface area contributed by atoms with Crippen LogP contribution in [0.4, 0.5) is 13.2 Å². The Balaban J connectivity index is 2.77. The van der Waals surface area contributed by atoms with Gasteiger partial charge >= 0.3 is 11.8 Å². The highest BCUT2D eigenvalue weighted by molar-refractivity contribution is 6.38. The van der Waals surface area contributed by atoms with E-state index in [1.807, 2.05) is 0 Å². The van der Waals surface area contributed by atoms with Crippen LogP contribution in [-0.4, -0.2) is 19.1 Å². The number of ketones is 1. The van der Waals surface area contributed by atoms with Crippen molar-refractivity contribution in [2.45, 2.75) is 6.18 Å². The molecule has 0 N–H and O–H groups in total. The number of carbonyl (C=O) groups is 1. The van der Waals surface area contributed by atoms with E-state index in [1.54, 1.807) is 0 Å². The number of Topliss-reactive ketones (excluding diaryl/α,β-unsaturated/α-hetero) is 1. The first-order valence-corrected chi connectivity index (χ1v) is 5.55. The van der Waals surface area contributed by atoms with Crippen LogP contribution in [0.15, 0.2) is 27.4 Å². The summed E-state index contributed by atoms with van der Waals surface area (Å²) < 4.78 is 46.8. The molecular formula is C12H6ClF3O4. The van der Waals surface area contributed by atoms with Crippen LogP contribution < -0.4 is 10.4 Å². The second-order valence-corrected chi connectivity index (χ2v) is 4.15. The van der Waals surface area contributed by atoms with E-state index in [2.05, 4.69) is 0 Å². The van der Waals surface area contributed by atoms with E-state index in [0.29, 0.717) is 5.75 Å². The third-order valence-corrected chi connectivity index (χ3v) is 2.93. The number of fused-ring (bicyclic) bond motifs is 1. The van der Waals surface area contributed by atoms with Crippen LogP contribution in [0, 0.1) is 0 Å². The fourth-order valence-corrected chi connectivity index (χ4v) is 1.92. The van der Waals surface area contributed by atoms with Gasteiger partial charge < -0.3 is 9.15 Å². The Morgan fingerprint density at radius 3 is 2.55 bits per heavy atom. The molecule has 4 nitrogen and oxygen atoms in total. The lowest BCUT2D eigenvalue weighted by Gasteiger charge is -2.08. The number of rotatable bonds is 2. The van der Waals surface area contributed by atoms with E-state index in [0.717, 1.165) is 0 Å². The minimum absolute atomic E-state index is 0.0136. The summed E-state index contributed by atoms with van der Waals surface area (Å²) in [5.41, 5.74) is -2.74. The van der Waals surface area contributed by atoms with Gasteiger partial charge in [0.2, 0.25) is 0 Å². The SMILES string of the molecule is COc1ccc2c(Cl)c(C(=O)C(F)(F)F)c(=O)oc2c1. The molecule has 0 fully saturated rings. The lowest BCUT2D eigenvalue weighted by atomic mass is 10.1. The van der Waals surface area contributed by atoms with Gasteiger partial charge in [0.15, 0.2) is 0 Å². The van der Waals surface area contributed by atoms with Gasteiger partial charge in [-0.25, -0.2) is 4.79 Å². The van der Waals surface area contributed by atoms with Gasteiger partial charge in [-0.05, 0) is 12.1 Å². The monoisotopic (exact) mass is 306 g/mol. The van der Waals surface area contributed by atoms with Crippen LogP contribution in [0.1, 0.15) is 10.4 Å². The molecule has 0 atom stereocenters. The predicted octanol–water partition coefficient (Wildman–Crippen LogP) is 3.20. The molecule has 2 aromatic rings. The second-order valence-electron chi connectivity index (χ2n) is 3.77. The van der Waals surface area contributed by atoms with Gasteiger partial charge in [-0.15, -0.1) is 0 Å². The Morgan fingerprint density at radius 2 is 2.00 bits per heavy atom. The molecule has 0 radical (unpaired) electrons.